The summed E-state index contributed by atoms with van der Waals surface area (Å²) in [5.41, 5.74) is 8.41. The van der Waals surface area contributed by atoms with Gasteiger partial charge in [-0.05, 0) is 46.7 Å². The molecule has 0 saturated heterocycles. The molecule has 0 aliphatic carbocycles. The normalized spacial score (nSPS) is 12.1. The average Bonchev–Trinajstić information content (AvgIpc) is 3.76. The summed E-state index contributed by atoms with van der Waals surface area (Å²) in [7, 11) is 0. The van der Waals surface area contributed by atoms with E-state index >= 15 is 0 Å². The van der Waals surface area contributed by atoms with E-state index in [4.69, 9.17) is 14.7 Å². The van der Waals surface area contributed by atoms with Gasteiger partial charge in [0.05, 0.1) is 11.0 Å². The fourth-order valence-electron chi connectivity index (χ4n) is 7.51. The van der Waals surface area contributed by atoms with Crippen molar-refractivity contribution in [3.05, 3.63) is 145 Å². The summed E-state index contributed by atoms with van der Waals surface area (Å²) in [6.07, 6.45) is 3.79. The molecule has 5 nitrogen and oxygen atoms in total. The van der Waals surface area contributed by atoms with E-state index in [1.54, 1.807) is 0 Å². The van der Waals surface area contributed by atoms with Gasteiger partial charge in [0.2, 0.25) is 0 Å². The number of pyridine rings is 2. The predicted molar refractivity (Wildman–Crippen MR) is 199 cm³/mol. The summed E-state index contributed by atoms with van der Waals surface area (Å²) in [5, 5.41) is 7.13. The Morgan fingerprint density at radius 3 is 2.06 bits per heavy atom. The Kier molecular flexibility index (Phi) is 6.88. The van der Waals surface area contributed by atoms with Crippen molar-refractivity contribution in [1.82, 2.24) is 18.9 Å². The van der Waals surface area contributed by atoms with Crippen LogP contribution >= 0.6 is 0 Å². The second-order valence-electron chi connectivity index (χ2n) is 13.7. The Bertz CT molecular complexity index is 2910. The van der Waals surface area contributed by atoms with Gasteiger partial charge in [0.1, 0.15) is 5.82 Å². The number of para-hydroxylation sites is 3. The van der Waals surface area contributed by atoms with Crippen molar-refractivity contribution in [2.45, 2.75) is 26.2 Å². The first kappa shape index (κ1) is 30.5. The van der Waals surface area contributed by atoms with Gasteiger partial charge in [-0.15, -0.1) is 41.3 Å². The zero-order chi connectivity index (χ0) is 32.9. The molecular weight excluding hydrogens is 796 g/mol. The van der Waals surface area contributed by atoms with Crippen LogP contribution in [0.2, 0.25) is 0 Å². The molecule has 5 heterocycles. The van der Waals surface area contributed by atoms with E-state index in [1.165, 1.54) is 38.1 Å². The van der Waals surface area contributed by atoms with Crippen LogP contribution in [-0.4, -0.2) is 18.9 Å². The van der Waals surface area contributed by atoms with E-state index in [-0.39, 0.29) is 26.5 Å². The molecule has 0 radical (unpaired) electrons. The summed E-state index contributed by atoms with van der Waals surface area (Å²) in [6.45, 7) is 6.67. The van der Waals surface area contributed by atoms with Crippen LogP contribution in [0.3, 0.4) is 0 Å². The van der Waals surface area contributed by atoms with Gasteiger partial charge in [-0.1, -0.05) is 87.0 Å². The molecule has 0 aliphatic rings. The van der Waals surface area contributed by atoms with Crippen molar-refractivity contribution >= 4 is 59.9 Å². The SMILES string of the molecule is CC(C)(C)c1ccnc(-n2c3[c-]c(Oc4[c-]c(-c5nccc6c7cccc8c9ccccc9n(c56)c87)ccc4)ccc3c3ccccc32)c1.[Pt+2]. The maximum absolute atomic E-state index is 6.53. The van der Waals surface area contributed by atoms with Crippen molar-refractivity contribution in [2.75, 3.05) is 0 Å². The molecular formula is C44H30N4OPt. The summed E-state index contributed by atoms with van der Waals surface area (Å²) in [4.78, 5) is 9.75. The molecule has 6 heteroatoms. The first-order valence-electron chi connectivity index (χ1n) is 16.6. The Morgan fingerprint density at radius 2 is 1.24 bits per heavy atom. The van der Waals surface area contributed by atoms with E-state index in [2.05, 4.69) is 139 Å². The predicted octanol–water partition coefficient (Wildman–Crippen LogP) is 11.1. The van der Waals surface area contributed by atoms with Gasteiger partial charge in [-0.25, -0.2) is 4.98 Å². The molecule has 0 amide bonds. The van der Waals surface area contributed by atoms with E-state index in [9.17, 15) is 0 Å². The molecule has 242 valence electrons. The Labute approximate surface area is 303 Å². The summed E-state index contributed by atoms with van der Waals surface area (Å²) >= 11 is 0. The third-order valence-electron chi connectivity index (χ3n) is 9.77. The van der Waals surface area contributed by atoms with Crippen LogP contribution < -0.4 is 4.74 Å². The third kappa shape index (κ3) is 4.50. The summed E-state index contributed by atoms with van der Waals surface area (Å²) < 4.78 is 11.1. The van der Waals surface area contributed by atoms with E-state index in [0.29, 0.717) is 11.5 Å². The molecule has 0 aliphatic heterocycles. The first-order valence-corrected chi connectivity index (χ1v) is 16.6. The van der Waals surface area contributed by atoms with Crippen LogP contribution in [0.15, 0.2) is 128 Å². The average molecular weight is 826 g/mol. The second-order valence-corrected chi connectivity index (χ2v) is 13.7. The zero-order valence-electron chi connectivity index (χ0n) is 27.6. The molecule has 0 unspecified atom stereocenters. The van der Waals surface area contributed by atoms with Crippen LogP contribution in [0, 0.1) is 12.1 Å². The van der Waals surface area contributed by atoms with Crippen LogP contribution in [0.1, 0.15) is 26.3 Å². The van der Waals surface area contributed by atoms with Gasteiger partial charge in [-0.2, -0.15) is 6.07 Å². The quantitative estimate of drug-likeness (QED) is 0.166. The molecule has 5 aromatic carbocycles. The topological polar surface area (TPSA) is 44.3 Å². The largest absolute Gasteiger partial charge is 2.00 e. The Hall–Kier alpha value is -5.51. The minimum atomic E-state index is -0.00768. The molecule has 10 aromatic rings. The standard InChI is InChI=1S/C44H30N4O.Pt/c1-44(2,3)28-20-22-45-40(25-28)47-37-16-6-4-12-31(37)33-19-18-30(26-39(33)47)49-29-11-8-10-27(24-29)41-43-36(21-23-46-41)35-15-9-14-34-32-13-5-7-17-38(32)48(43)42(34)35;/h4-23,25H,1-3H3;/q-2;+2. The van der Waals surface area contributed by atoms with Gasteiger partial charge in [0.15, 0.2) is 0 Å². The van der Waals surface area contributed by atoms with Crippen molar-refractivity contribution in [3.8, 4) is 28.6 Å². The van der Waals surface area contributed by atoms with Crippen molar-refractivity contribution < 1.29 is 25.8 Å². The smallest absolute Gasteiger partial charge is 0.503 e. The number of aromatic nitrogens is 4. The minimum absolute atomic E-state index is 0. The van der Waals surface area contributed by atoms with Gasteiger partial charge in [0, 0.05) is 62.2 Å². The Morgan fingerprint density at radius 1 is 0.580 bits per heavy atom. The molecule has 10 rings (SSSR count). The number of fused-ring (bicyclic) bond motifs is 9. The van der Waals surface area contributed by atoms with E-state index in [1.807, 2.05) is 30.6 Å². The molecule has 0 bridgehead atoms. The van der Waals surface area contributed by atoms with E-state index in [0.717, 1.165) is 44.4 Å². The number of rotatable bonds is 4. The minimum Gasteiger partial charge on any atom is -0.503 e. The second kappa shape index (κ2) is 11.3. The molecule has 50 heavy (non-hydrogen) atoms. The van der Waals surface area contributed by atoms with Gasteiger partial charge in [0.25, 0.3) is 0 Å². The number of hydrogen-bond donors (Lipinski definition) is 0. The fraction of sp³-hybridized carbons (Fsp3) is 0.0909. The molecule has 5 aromatic heterocycles. The van der Waals surface area contributed by atoms with E-state index < -0.39 is 0 Å². The monoisotopic (exact) mass is 825 g/mol. The number of nitrogens with zero attached hydrogens (tertiary/aromatic N) is 4. The van der Waals surface area contributed by atoms with Gasteiger partial charge < -0.3 is 18.7 Å². The molecule has 0 saturated carbocycles. The van der Waals surface area contributed by atoms with Crippen molar-refractivity contribution in [2.24, 2.45) is 0 Å². The number of hydrogen-bond acceptors (Lipinski definition) is 3. The van der Waals surface area contributed by atoms with Crippen LogP contribution in [0.4, 0.5) is 0 Å². The fourth-order valence-corrected chi connectivity index (χ4v) is 7.51. The number of ether oxygens (including phenoxy) is 1. The Balaban J connectivity index is 0.00000336. The molecule has 0 N–H and O–H groups in total. The van der Waals surface area contributed by atoms with Gasteiger partial charge >= 0.3 is 21.1 Å². The van der Waals surface area contributed by atoms with Gasteiger partial charge in [-0.3, -0.25) is 0 Å². The first-order chi connectivity index (χ1) is 23.9. The van der Waals surface area contributed by atoms with Crippen LogP contribution in [0.5, 0.6) is 11.5 Å². The third-order valence-corrected chi connectivity index (χ3v) is 9.77. The summed E-state index contributed by atoms with van der Waals surface area (Å²) in [6, 6.07) is 47.2. The molecule has 0 atom stereocenters. The zero-order valence-corrected chi connectivity index (χ0v) is 29.9. The molecule has 0 spiro atoms. The molecule has 0 fully saturated rings. The maximum atomic E-state index is 6.53. The van der Waals surface area contributed by atoms with Crippen molar-refractivity contribution in [3.63, 3.8) is 0 Å². The maximum Gasteiger partial charge on any atom is 2.00 e. The van der Waals surface area contributed by atoms with Crippen molar-refractivity contribution in [1.29, 1.82) is 0 Å². The number of benzene rings is 5. The van der Waals surface area contributed by atoms with Crippen LogP contribution in [0.25, 0.3) is 77.0 Å². The summed E-state index contributed by atoms with van der Waals surface area (Å²) in [5.74, 6) is 2.06. The van der Waals surface area contributed by atoms with Crippen LogP contribution in [-0.2, 0) is 26.5 Å².